The van der Waals surface area contributed by atoms with Crippen LogP contribution in [0.2, 0.25) is 0 Å². The highest BCUT2D eigenvalue weighted by Gasteiger charge is 2.38. The molecule has 2 N–H and O–H groups in total. The van der Waals surface area contributed by atoms with Crippen LogP contribution in [0.4, 0.5) is 0 Å². The Morgan fingerprint density at radius 3 is 2.50 bits per heavy atom. The SMILES string of the molecule is CC(C(C(=O)O)c1ccccc1)P(=O)(O)CCCc1cccnc1. The van der Waals surface area contributed by atoms with Crippen LogP contribution in [0.1, 0.15) is 30.4 Å². The zero-order chi connectivity index (χ0) is 17.6. The van der Waals surface area contributed by atoms with Crippen LogP contribution in [0, 0.1) is 0 Å². The summed E-state index contributed by atoms with van der Waals surface area (Å²) in [6.07, 6.45) is 4.67. The molecule has 2 aromatic rings. The van der Waals surface area contributed by atoms with Gasteiger partial charge in [-0.1, -0.05) is 43.3 Å². The molecular weight excluding hydrogens is 325 g/mol. The monoisotopic (exact) mass is 347 g/mol. The van der Waals surface area contributed by atoms with Crippen LogP contribution in [0.3, 0.4) is 0 Å². The summed E-state index contributed by atoms with van der Waals surface area (Å²) in [5.41, 5.74) is 0.716. The minimum atomic E-state index is -3.60. The van der Waals surface area contributed by atoms with Gasteiger partial charge in [0.2, 0.25) is 7.37 Å². The molecule has 2 rings (SSSR count). The first kappa shape index (κ1) is 18.4. The number of benzene rings is 1. The highest BCUT2D eigenvalue weighted by molar-refractivity contribution is 7.58. The molecule has 0 amide bonds. The maximum absolute atomic E-state index is 12.7. The van der Waals surface area contributed by atoms with Crippen LogP contribution in [-0.4, -0.2) is 32.8 Å². The second kappa shape index (κ2) is 8.22. The van der Waals surface area contributed by atoms with Gasteiger partial charge in [0.25, 0.3) is 0 Å². The second-order valence-electron chi connectivity index (χ2n) is 5.91. The average Bonchev–Trinajstić information content (AvgIpc) is 2.56. The molecule has 0 aliphatic rings. The van der Waals surface area contributed by atoms with Crippen molar-refractivity contribution in [3.05, 3.63) is 66.0 Å². The van der Waals surface area contributed by atoms with Crippen molar-refractivity contribution >= 4 is 13.3 Å². The molecule has 3 unspecified atom stereocenters. The Hall–Kier alpha value is -1.97. The maximum atomic E-state index is 12.7. The molecule has 0 spiro atoms. The molecule has 1 aromatic carbocycles. The number of hydrogen-bond donors (Lipinski definition) is 2. The Kier molecular flexibility index (Phi) is 6.29. The fourth-order valence-corrected chi connectivity index (χ4v) is 4.56. The number of aryl methyl sites for hydroxylation is 1. The van der Waals surface area contributed by atoms with Crippen LogP contribution in [0.5, 0.6) is 0 Å². The first-order chi connectivity index (χ1) is 11.4. The van der Waals surface area contributed by atoms with E-state index in [4.69, 9.17) is 0 Å². The molecule has 0 radical (unpaired) electrons. The summed E-state index contributed by atoms with van der Waals surface area (Å²) in [4.78, 5) is 26.1. The third kappa shape index (κ3) is 4.76. The van der Waals surface area contributed by atoms with Gasteiger partial charge in [-0.15, -0.1) is 0 Å². The lowest BCUT2D eigenvalue weighted by Crippen LogP contribution is -2.25. The average molecular weight is 347 g/mol. The lowest BCUT2D eigenvalue weighted by molar-refractivity contribution is -0.138. The second-order valence-corrected chi connectivity index (χ2v) is 8.68. The predicted octanol–water partition coefficient (Wildman–Crippen LogP) is 3.54. The molecule has 1 aromatic heterocycles. The molecule has 6 heteroatoms. The van der Waals surface area contributed by atoms with E-state index in [2.05, 4.69) is 4.98 Å². The molecule has 0 saturated heterocycles. The van der Waals surface area contributed by atoms with E-state index < -0.39 is 24.9 Å². The van der Waals surface area contributed by atoms with Gasteiger partial charge < -0.3 is 10.00 Å². The minimum Gasteiger partial charge on any atom is -0.481 e. The van der Waals surface area contributed by atoms with Crippen molar-refractivity contribution in [2.75, 3.05) is 6.16 Å². The van der Waals surface area contributed by atoms with E-state index in [0.717, 1.165) is 5.56 Å². The molecule has 0 aliphatic heterocycles. The van der Waals surface area contributed by atoms with Crippen molar-refractivity contribution in [1.82, 2.24) is 4.98 Å². The van der Waals surface area contributed by atoms with E-state index in [-0.39, 0.29) is 6.16 Å². The number of carboxylic acid groups (broad SMARTS) is 1. The maximum Gasteiger partial charge on any atom is 0.311 e. The first-order valence-electron chi connectivity index (χ1n) is 7.90. The van der Waals surface area contributed by atoms with Gasteiger partial charge in [0, 0.05) is 18.6 Å². The smallest absolute Gasteiger partial charge is 0.311 e. The Morgan fingerprint density at radius 1 is 1.21 bits per heavy atom. The molecule has 1 heterocycles. The molecule has 0 fully saturated rings. The Balaban J connectivity index is 2.05. The summed E-state index contributed by atoms with van der Waals surface area (Å²) in [6, 6.07) is 12.4. The summed E-state index contributed by atoms with van der Waals surface area (Å²) in [5.74, 6) is -2.06. The Bertz CT molecular complexity index is 705. The topological polar surface area (TPSA) is 87.5 Å². The van der Waals surface area contributed by atoms with Crippen LogP contribution in [0.25, 0.3) is 0 Å². The zero-order valence-electron chi connectivity index (χ0n) is 13.6. The number of carboxylic acids is 1. The van der Waals surface area contributed by atoms with E-state index in [0.29, 0.717) is 18.4 Å². The molecular formula is C18H22NO4P. The first-order valence-corrected chi connectivity index (χ1v) is 9.81. The van der Waals surface area contributed by atoms with Gasteiger partial charge >= 0.3 is 5.97 Å². The summed E-state index contributed by atoms with van der Waals surface area (Å²) in [6.45, 7) is 1.55. The predicted molar refractivity (Wildman–Crippen MR) is 93.5 cm³/mol. The Morgan fingerprint density at radius 2 is 1.92 bits per heavy atom. The molecule has 128 valence electrons. The molecule has 3 atom stereocenters. The zero-order valence-corrected chi connectivity index (χ0v) is 14.5. The fraction of sp³-hybridized carbons (Fsp3) is 0.333. The quantitative estimate of drug-likeness (QED) is 0.713. The summed E-state index contributed by atoms with van der Waals surface area (Å²) < 4.78 is 12.7. The highest BCUT2D eigenvalue weighted by Crippen LogP contribution is 2.52. The van der Waals surface area contributed by atoms with Crippen LogP contribution in [-0.2, 0) is 15.8 Å². The van der Waals surface area contributed by atoms with E-state index in [1.807, 2.05) is 12.1 Å². The van der Waals surface area contributed by atoms with Crippen molar-refractivity contribution in [2.24, 2.45) is 0 Å². The number of hydrogen-bond acceptors (Lipinski definition) is 3. The lowest BCUT2D eigenvalue weighted by Gasteiger charge is -2.25. The normalized spacial score (nSPS) is 16.1. The lowest BCUT2D eigenvalue weighted by atomic mass is 9.96. The number of pyridine rings is 1. The van der Waals surface area contributed by atoms with E-state index >= 15 is 0 Å². The minimum absolute atomic E-state index is 0.0969. The van der Waals surface area contributed by atoms with Crippen molar-refractivity contribution < 1.29 is 19.4 Å². The van der Waals surface area contributed by atoms with Gasteiger partial charge in [-0.2, -0.15) is 0 Å². The number of aliphatic carboxylic acids is 1. The number of carbonyl (C=O) groups is 1. The van der Waals surface area contributed by atoms with E-state index in [9.17, 15) is 19.4 Å². The van der Waals surface area contributed by atoms with Crippen LogP contribution in [0.15, 0.2) is 54.9 Å². The largest absolute Gasteiger partial charge is 0.481 e. The molecule has 0 aliphatic carbocycles. The van der Waals surface area contributed by atoms with Crippen molar-refractivity contribution in [1.29, 1.82) is 0 Å². The van der Waals surface area contributed by atoms with Crippen LogP contribution < -0.4 is 0 Å². The van der Waals surface area contributed by atoms with Gasteiger partial charge in [0.1, 0.15) is 0 Å². The summed E-state index contributed by atoms with van der Waals surface area (Å²) >= 11 is 0. The van der Waals surface area contributed by atoms with Gasteiger partial charge in [0.15, 0.2) is 0 Å². The number of aromatic nitrogens is 1. The van der Waals surface area contributed by atoms with Crippen molar-refractivity contribution in [3.63, 3.8) is 0 Å². The molecule has 24 heavy (non-hydrogen) atoms. The molecule has 0 saturated carbocycles. The number of rotatable bonds is 8. The Labute approximate surface area is 141 Å². The van der Waals surface area contributed by atoms with Gasteiger partial charge in [0.05, 0.1) is 11.6 Å². The standard InChI is InChI=1S/C18H22NO4P/c1-14(17(18(20)21)16-9-3-2-4-10-16)24(22,23)12-6-8-15-7-5-11-19-13-15/h2-5,7,9-11,13-14,17H,6,8,12H2,1H3,(H,20,21)(H,22,23). The van der Waals surface area contributed by atoms with Crippen molar-refractivity contribution in [3.8, 4) is 0 Å². The molecule has 5 nitrogen and oxygen atoms in total. The van der Waals surface area contributed by atoms with E-state index in [1.54, 1.807) is 49.6 Å². The molecule has 0 bridgehead atoms. The summed E-state index contributed by atoms with van der Waals surface area (Å²) in [7, 11) is -3.60. The van der Waals surface area contributed by atoms with Gasteiger partial charge in [-0.05, 0) is 30.0 Å². The van der Waals surface area contributed by atoms with Crippen molar-refractivity contribution in [2.45, 2.75) is 31.3 Å². The third-order valence-electron chi connectivity index (χ3n) is 4.21. The number of nitrogens with zero attached hydrogens (tertiary/aromatic N) is 1. The van der Waals surface area contributed by atoms with Gasteiger partial charge in [-0.25, -0.2) is 0 Å². The summed E-state index contributed by atoms with van der Waals surface area (Å²) in [5, 5.41) is 9.52. The third-order valence-corrected chi connectivity index (χ3v) is 6.74. The highest BCUT2D eigenvalue weighted by atomic mass is 31.2. The van der Waals surface area contributed by atoms with Crippen LogP contribution >= 0.6 is 7.37 Å². The van der Waals surface area contributed by atoms with E-state index in [1.165, 1.54) is 0 Å². The fourth-order valence-electron chi connectivity index (χ4n) is 2.78. The van der Waals surface area contributed by atoms with Gasteiger partial charge in [-0.3, -0.25) is 14.3 Å².